The smallest absolute Gasteiger partial charge is 0.127 e. The number of likely N-dealkylation sites (tertiary alicyclic amines) is 1. The van der Waals surface area contributed by atoms with Crippen molar-refractivity contribution in [1.29, 1.82) is 0 Å². The first-order valence-corrected chi connectivity index (χ1v) is 7.74. The van der Waals surface area contributed by atoms with Gasteiger partial charge in [-0.25, -0.2) is 0 Å². The fourth-order valence-corrected chi connectivity index (χ4v) is 3.43. The maximum atomic E-state index is 5.63. The second-order valence-corrected chi connectivity index (χ2v) is 5.99. The number of rotatable bonds is 6. The van der Waals surface area contributed by atoms with E-state index in [0.717, 1.165) is 24.6 Å². The number of nitrogens with zero attached hydrogens (tertiary/aromatic N) is 1. The zero-order valence-electron chi connectivity index (χ0n) is 13.8. The summed E-state index contributed by atoms with van der Waals surface area (Å²) in [6.45, 7) is 6.71. The lowest BCUT2D eigenvalue weighted by Crippen LogP contribution is -2.34. The van der Waals surface area contributed by atoms with E-state index in [-0.39, 0.29) is 0 Å². The van der Waals surface area contributed by atoms with Crippen molar-refractivity contribution in [3.8, 4) is 11.5 Å². The predicted molar refractivity (Wildman–Crippen MR) is 86.2 cm³/mol. The van der Waals surface area contributed by atoms with Crippen LogP contribution in [0.2, 0.25) is 0 Å². The molecule has 2 rings (SSSR count). The van der Waals surface area contributed by atoms with Gasteiger partial charge in [0.15, 0.2) is 0 Å². The molecule has 118 valence electrons. The van der Waals surface area contributed by atoms with Crippen molar-refractivity contribution in [2.24, 2.45) is 5.92 Å². The number of ether oxygens (including phenoxy) is 2. The molecule has 0 amide bonds. The number of hydrogen-bond acceptors (Lipinski definition) is 4. The van der Waals surface area contributed by atoms with Crippen LogP contribution in [0.15, 0.2) is 18.2 Å². The molecule has 1 N–H and O–H groups in total. The van der Waals surface area contributed by atoms with E-state index in [0.29, 0.717) is 18.0 Å². The number of nitrogens with one attached hydrogen (secondary N) is 1. The molecule has 0 saturated carbocycles. The minimum atomic E-state index is 0.401. The standard InChI is InChI=1S/C17H28N2O2/c1-12(2)19-9-8-13(11-18-3)17(19)15-7-6-14(20-4)10-16(15)21-5/h6-7,10,12-13,17-18H,8-9,11H2,1-5H3. The van der Waals surface area contributed by atoms with Gasteiger partial charge in [-0.05, 0) is 52.4 Å². The highest BCUT2D eigenvalue weighted by Gasteiger charge is 2.37. The fourth-order valence-electron chi connectivity index (χ4n) is 3.43. The van der Waals surface area contributed by atoms with Crippen LogP contribution < -0.4 is 14.8 Å². The Morgan fingerprint density at radius 2 is 2.05 bits per heavy atom. The topological polar surface area (TPSA) is 33.7 Å². The van der Waals surface area contributed by atoms with Crippen LogP contribution in [0, 0.1) is 5.92 Å². The molecule has 0 spiro atoms. The molecular formula is C17H28N2O2. The Morgan fingerprint density at radius 3 is 2.62 bits per heavy atom. The van der Waals surface area contributed by atoms with Crippen LogP contribution in [0.5, 0.6) is 11.5 Å². The van der Waals surface area contributed by atoms with Crippen LogP contribution in [0.25, 0.3) is 0 Å². The van der Waals surface area contributed by atoms with Crippen LogP contribution in [0.4, 0.5) is 0 Å². The molecular weight excluding hydrogens is 264 g/mol. The van der Waals surface area contributed by atoms with Crippen LogP contribution in [-0.4, -0.2) is 45.3 Å². The van der Waals surface area contributed by atoms with Gasteiger partial charge in [0.25, 0.3) is 0 Å². The Kier molecular flexibility index (Phi) is 5.48. The lowest BCUT2D eigenvalue weighted by molar-refractivity contribution is 0.179. The fraction of sp³-hybridized carbons (Fsp3) is 0.647. The predicted octanol–water partition coefficient (Wildman–Crippen LogP) is 2.69. The minimum absolute atomic E-state index is 0.401. The van der Waals surface area contributed by atoms with Gasteiger partial charge < -0.3 is 14.8 Å². The average molecular weight is 292 g/mol. The van der Waals surface area contributed by atoms with E-state index in [1.807, 2.05) is 19.2 Å². The summed E-state index contributed by atoms with van der Waals surface area (Å²) in [6.07, 6.45) is 1.22. The van der Waals surface area contributed by atoms with E-state index in [9.17, 15) is 0 Å². The monoisotopic (exact) mass is 292 g/mol. The molecule has 21 heavy (non-hydrogen) atoms. The summed E-state index contributed by atoms with van der Waals surface area (Å²) in [4.78, 5) is 2.58. The Morgan fingerprint density at radius 1 is 1.29 bits per heavy atom. The van der Waals surface area contributed by atoms with Gasteiger partial charge in [0.05, 0.1) is 14.2 Å². The Labute approximate surface area is 128 Å². The minimum Gasteiger partial charge on any atom is -0.497 e. The molecule has 1 heterocycles. The van der Waals surface area contributed by atoms with E-state index in [4.69, 9.17) is 9.47 Å². The first kappa shape index (κ1) is 16.1. The molecule has 0 aliphatic carbocycles. The summed E-state index contributed by atoms with van der Waals surface area (Å²) in [5.74, 6) is 2.38. The summed E-state index contributed by atoms with van der Waals surface area (Å²) in [5, 5.41) is 3.34. The zero-order chi connectivity index (χ0) is 15.4. The van der Waals surface area contributed by atoms with E-state index in [1.54, 1.807) is 14.2 Å². The summed E-state index contributed by atoms with van der Waals surface area (Å²) in [7, 11) is 5.45. The Bertz CT molecular complexity index is 462. The van der Waals surface area contributed by atoms with Crippen LogP contribution in [-0.2, 0) is 0 Å². The van der Waals surface area contributed by atoms with Crippen molar-refractivity contribution in [3.05, 3.63) is 23.8 Å². The van der Waals surface area contributed by atoms with Gasteiger partial charge in [0.1, 0.15) is 11.5 Å². The second kappa shape index (κ2) is 7.14. The quantitative estimate of drug-likeness (QED) is 0.874. The third-order valence-electron chi connectivity index (χ3n) is 4.45. The molecule has 4 nitrogen and oxygen atoms in total. The summed E-state index contributed by atoms with van der Waals surface area (Å²) in [5.41, 5.74) is 1.27. The van der Waals surface area contributed by atoms with Crippen molar-refractivity contribution in [2.45, 2.75) is 32.4 Å². The van der Waals surface area contributed by atoms with Gasteiger partial charge in [0, 0.05) is 23.7 Å². The molecule has 0 bridgehead atoms. The van der Waals surface area contributed by atoms with Crippen molar-refractivity contribution < 1.29 is 9.47 Å². The summed E-state index contributed by atoms with van der Waals surface area (Å²) >= 11 is 0. The Balaban J connectivity index is 2.38. The van der Waals surface area contributed by atoms with Crippen molar-refractivity contribution in [3.63, 3.8) is 0 Å². The van der Waals surface area contributed by atoms with Crippen molar-refractivity contribution in [1.82, 2.24) is 10.2 Å². The molecule has 1 fully saturated rings. The molecule has 0 aromatic heterocycles. The number of hydrogen-bond donors (Lipinski definition) is 1. The maximum absolute atomic E-state index is 5.63. The lowest BCUT2D eigenvalue weighted by atomic mass is 9.92. The molecule has 1 saturated heterocycles. The first-order chi connectivity index (χ1) is 10.1. The molecule has 2 atom stereocenters. The summed E-state index contributed by atoms with van der Waals surface area (Å²) < 4.78 is 10.9. The normalized spacial score (nSPS) is 22.8. The van der Waals surface area contributed by atoms with Gasteiger partial charge in [0.2, 0.25) is 0 Å². The average Bonchev–Trinajstić information content (AvgIpc) is 2.90. The third-order valence-corrected chi connectivity index (χ3v) is 4.45. The molecule has 1 aliphatic heterocycles. The Hall–Kier alpha value is -1.26. The van der Waals surface area contributed by atoms with Gasteiger partial charge in [-0.3, -0.25) is 4.90 Å². The molecule has 1 aromatic rings. The van der Waals surface area contributed by atoms with Gasteiger partial charge in [-0.2, -0.15) is 0 Å². The van der Waals surface area contributed by atoms with Crippen molar-refractivity contribution in [2.75, 3.05) is 34.4 Å². The largest absolute Gasteiger partial charge is 0.497 e. The lowest BCUT2D eigenvalue weighted by Gasteiger charge is -2.32. The highest BCUT2D eigenvalue weighted by atomic mass is 16.5. The SMILES string of the molecule is CNCC1CCN(C(C)C)C1c1ccc(OC)cc1OC. The highest BCUT2D eigenvalue weighted by molar-refractivity contribution is 5.43. The zero-order valence-corrected chi connectivity index (χ0v) is 13.8. The van der Waals surface area contributed by atoms with Crippen molar-refractivity contribution >= 4 is 0 Å². The number of benzene rings is 1. The van der Waals surface area contributed by atoms with Crippen LogP contribution >= 0.6 is 0 Å². The summed E-state index contributed by atoms with van der Waals surface area (Å²) in [6, 6.07) is 7.11. The third kappa shape index (κ3) is 3.33. The van der Waals surface area contributed by atoms with Crippen LogP contribution in [0.1, 0.15) is 31.9 Å². The van der Waals surface area contributed by atoms with Gasteiger partial charge >= 0.3 is 0 Å². The van der Waals surface area contributed by atoms with E-state index in [1.165, 1.54) is 12.0 Å². The van der Waals surface area contributed by atoms with E-state index >= 15 is 0 Å². The molecule has 1 aliphatic rings. The van der Waals surface area contributed by atoms with Gasteiger partial charge in [-0.15, -0.1) is 0 Å². The van der Waals surface area contributed by atoms with E-state index < -0.39 is 0 Å². The molecule has 0 radical (unpaired) electrons. The first-order valence-electron chi connectivity index (χ1n) is 7.74. The molecule has 1 aromatic carbocycles. The molecule has 4 heteroatoms. The van der Waals surface area contributed by atoms with Crippen LogP contribution in [0.3, 0.4) is 0 Å². The molecule has 2 unspecified atom stereocenters. The highest BCUT2D eigenvalue weighted by Crippen LogP contribution is 2.42. The number of methoxy groups -OCH3 is 2. The van der Waals surface area contributed by atoms with E-state index in [2.05, 4.69) is 30.1 Å². The van der Waals surface area contributed by atoms with Gasteiger partial charge in [-0.1, -0.05) is 6.07 Å². The second-order valence-electron chi connectivity index (χ2n) is 5.99. The maximum Gasteiger partial charge on any atom is 0.127 e.